The number of hydrogen-bond acceptors (Lipinski definition) is 4. The molecule has 108 valence electrons. The Morgan fingerprint density at radius 3 is 2.42 bits per heavy atom. The minimum Gasteiger partial charge on any atom is -0.480 e. The van der Waals surface area contributed by atoms with Gasteiger partial charge in [-0.2, -0.15) is 0 Å². The largest absolute Gasteiger partial charge is 0.480 e. The van der Waals surface area contributed by atoms with Crippen LogP contribution in [0.15, 0.2) is 0 Å². The van der Waals surface area contributed by atoms with Gasteiger partial charge in [-0.05, 0) is 20.3 Å². The van der Waals surface area contributed by atoms with E-state index in [9.17, 15) is 9.59 Å². The summed E-state index contributed by atoms with van der Waals surface area (Å²) in [5.41, 5.74) is -1.33. The number of morpholine rings is 1. The summed E-state index contributed by atoms with van der Waals surface area (Å²) in [5, 5.41) is 9.11. The zero-order chi connectivity index (χ0) is 14.0. The minimum absolute atomic E-state index is 0.282. The number of carboxylic acids is 1. The van der Waals surface area contributed by atoms with E-state index in [1.165, 1.54) is 13.8 Å². The van der Waals surface area contributed by atoms with Crippen LogP contribution in [-0.4, -0.2) is 72.2 Å². The van der Waals surface area contributed by atoms with Gasteiger partial charge in [0.1, 0.15) is 5.41 Å². The normalized spacial score (nSPS) is 25.6. The average Bonchev–Trinajstić information content (AvgIpc) is 2.88. The van der Waals surface area contributed by atoms with Crippen LogP contribution < -0.4 is 0 Å². The lowest BCUT2D eigenvalue weighted by Crippen LogP contribution is -2.48. The maximum Gasteiger partial charge on any atom is 0.318 e. The van der Waals surface area contributed by atoms with E-state index in [2.05, 4.69) is 4.90 Å². The van der Waals surface area contributed by atoms with Crippen LogP contribution in [0.2, 0.25) is 0 Å². The van der Waals surface area contributed by atoms with Crippen molar-refractivity contribution in [2.45, 2.75) is 26.3 Å². The van der Waals surface area contributed by atoms with Gasteiger partial charge in [0.15, 0.2) is 0 Å². The summed E-state index contributed by atoms with van der Waals surface area (Å²) in [4.78, 5) is 27.4. The predicted molar refractivity (Wildman–Crippen MR) is 68.8 cm³/mol. The second kappa shape index (κ2) is 5.46. The smallest absolute Gasteiger partial charge is 0.318 e. The molecule has 0 aliphatic carbocycles. The van der Waals surface area contributed by atoms with Crippen molar-refractivity contribution in [1.29, 1.82) is 0 Å². The summed E-state index contributed by atoms with van der Waals surface area (Å²) in [7, 11) is 0. The predicted octanol–water partition coefficient (Wildman–Crippen LogP) is 0.0303. The van der Waals surface area contributed by atoms with Gasteiger partial charge in [0.25, 0.3) is 0 Å². The molecule has 0 aromatic carbocycles. The molecule has 0 saturated carbocycles. The van der Waals surface area contributed by atoms with Crippen LogP contribution in [0.3, 0.4) is 0 Å². The van der Waals surface area contributed by atoms with E-state index in [1.54, 1.807) is 4.90 Å². The molecule has 0 spiro atoms. The second-order valence-corrected chi connectivity index (χ2v) is 5.77. The van der Waals surface area contributed by atoms with Crippen molar-refractivity contribution in [1.82, 2.24) is 9.80 Å². The molecule has 6 nitrogen and oxygen atoms in total. The van der Waals surface area contributed by atoms with Crippen molar-refractivity contribution in [3.63, 3.8) is 0 Å². The Kier molecular flexibility index (Phi) is 4.10. The van der Waals surface area contributed by atoms with Crippen LogP contribution in [0.4, 0.5) is 0 Å². The van der Waals surface area contributed by atoms with Crippen molar-refractivity contribution < 1.29 is 19.4 Å². The van der Waals surface area contributed by atoms with Gasteiger partial charge in [-0.25, -0.2) is 0 Å². The standard InChI is InChI=1S/C13H22N2O4/c1-13(2,12(17)18)11(16)15-4-3-10(9-15)14-5-7-19-8-6-14/h10H,3-9H2,1-2H3,(H,17,18). The highest BCUT2D eigenvalue weighted by Gasteiger charge is 2.42. The third kappa shape index (κ3) is 2.90. The Bertz CT molecular complexity index is 364. The lowest BCUT2D eigenvalue weighted by Gasteiger charge is -2.32. The molecule has 2 fully saturated rings. The molecule has 2 aliphatic heterocycles. The lowest BCUT2D eigenvalue weighted by atomic mass is 9.92. The number of carbonyl (C=O) groups excluding carboxylic acids is 1. The first-order valence-corrected chi connectivity index (χ1v) is 6.77. The number of amides is 1. The van der Waals surface area contributed by atoms with E-state index in [0.29, 0.717) is 19.1 Å². The molecule has 1 amide bonds. The number of carbonyl (C=O) groups is 2. The highest BCUT2D eigenvalue weighted by molar-refractivity contribution is 6.01. The third-order valence-corrected chi connectivity index (χ3v) is 4.08. The van der Waals surface area contributed by atoms with Gasteiger partial charge >= 0.3 is 5.97 Å². The topological polar surface area (TPSA) is 70.1 Å². The maximum absolute atomic E-state index is 12.2. The first-order chi connectivity index (χ1) is 8.93. The number of ether oxygens (including phenoxy) is 1. The van der Waals surface area contributed by atoms with Crippen LogP contribution in [-0.2, 0) is 14.3 Å². The Balaban J connectivity index is 1.94. The molecule has 0 aromatic rings. The highest BCUT2D eigenvalue weighted by atomic mass is 16.5. The van der Waals surface area contributed by atoms with Crippen LogP contribution in [0.5, 0.6) is 0 Å². The van der Waals surface area contributed by atoms with Gasteiger partial charge in [0, 0.05) is 32.2 Å². The fourth-order valence-corrected chi connectivity index (χ4v) is 2.65. The van der Waals surface area contributed by atoms with Crippen LogP contribution >= 0.6 is 0 Å². The zero-order valence-corrected chi connectivity index (χ0v) is 11.6. The van der Waals surface area contributed by atoms with Crippen molar-refractivity contribution in [3.05, 3.63) is 0 Å². The fourth-order valence-electron chi connectivity index (χ4n) is 2.65. The molecule has 0 bridgehead atoms. The average molecular weight is 270 g/mol. The summed E-state index contributed by atoms with van der Waals surface area (Å²) >= 11 is 0. The molecule has 6 heteroatoms. The molecule has 2 saturated heterocycles. The van der Waals surface area contributed by atoms with E-state index in [-0.39, 0.29) is 5.91 Å². The number of nitrogens with zero attached hydrogens (tertiary/aromatic N) is 2. The maximum atomic E-state index is 12.2. The Labute approximate surface area is 113 Å². The monoisotopic (exact) mass is 270 g/mol. The molecule has 2 rings (SSSR count). The molecule has 1 atom stereocenters. The third-order valence-electron chi connectivity index (χ3n) is 4.08. The summed E-state index contributed by atoms with van der Waals surface area (Å²) in [5.74, 6) is -1.34. The van der Waals surface area contributed by atoms with Crippen molar-refractivity contribution in [2.24, 2.45) is 5.41 Å². The second-order valence-electron chi connectivity index (χ2n) is 5.77. The van der Waals surface area contributed by atoms with Crippen molar-refractivity contribution in [2.75, 3.05) is 39.4 Å². The Morgan fingerprint density at radius 1 is 1.21 bits per heavy atom. The van der Waals surface area contributed by atoms with Gasteiger partial charge in [-0.1, -0.05) is 0 Å². The number of rotatable bonds is 3. The van der Waals surface area contributed by atoms with E-state index >= 15 is 0 Å². The van der Waals surface area contributed by atoms with Crippen LogP contribution in [0, 0.1) is 5.41 Å². The van der Waals surface area contributed by atoms with Crippen molar-refractivity contribution >= 4 is 11.9 Å². The minimum atomic E-state index is -1.33. The van der Waals surface area contributed by atoms with Gasteiger partial charge < -0.3 is 14.7 Å². The number of likely N-dealkylation sites (tertiary alicyclic amines) is 1. The number of hydrogen-bond donors (Lipinski definition) is 1. The van der Waals surface area contributed by atoms with Crippen LogP contribution in [0.25, 0.3) is 0 Å². The molecule has 2 heterocycles. The highest BCUT2D eigenvalue weighted by Crippen LogP contribution is 2.24. The molecule has 0 aromatic heterocycles. The van der Waals surface area contributed by atoms with E-state index in [0.717, 1.165) is 32.7 Å². The summed E-state index contributed by atoms with van der Waals surface area (Å²) in [6.45, 7) is 7.51. The quantitative estimate of drug-likeness (QED) is 0.733. The van der Waals surface area contributed by atoms with E-state index in [1.807, 2.05) is 0 Å². The number of carboxylic acid groups (broad SMARTS) is 1. The van der Waals surface area contributed by atoms with E-state index < -0.39 is 11.4 Å². The van der Waals surface area contributed by atoms with E-state index in [4.69, 9.17) is 9.84 Å². The molecule has 1 unspecified atom stereocenters. The first-order valence-electron chi connectivity index (χ1n) is 6.77. The van der Waals surface area contributed by atoms with Gasteiger partial charge in [0.2, 0.25) is 5.91 Å². The fraction of sp³-hybridized carbons (Fsp3) is 0.846. The first kappa shape index (κ1) is 14.3. The molecule has 1 N–H and O–H groups in total. The Morgan fingerprint density at radius 2 is 1.84 bits per heavy atom. The molecule has 0 radical (unpaired) electrons. The summed E-state index contributed by atoms with van der Waals surface area (Å²) in [6.07, 6.45) is 0.918. The Hall–Kier alpha value is -1.14. The van der Waals surface area contributed by atoms with Gasteiger partial charge in [0.05, 0.1) is 13.2 Å². The van der Waals surface area contributed by atoms with Gasteiger partial charge in [-0.15, -0.1) is 0 Å². The lowest BCUT2D eigenvalue weighted by molar-refractivity contribution is -0.157. The van der Waals surface area contributed by atoms with Crippen LogP contribution in [0.1, 0.15) is 20.3 Å². The molecular formula is C13H22N2O4. The molecule has 2 aliphatic rings. The zero-order valence-electron chi connectivity index (χ0n) is 11.6. The van der Waals surface area contributed by atoms with Crippen molar-refractivity contribution in [3.8, 4) is 0 Å². The summed E-state index contributed by atoms with van der Waals surface area (Å²) < 4.78 is 5.32. The SMILES string of the molecule is CC(C)(C(=O)O)C(=O)N1CCC(N2CCOCC2)C1. The summed E-state index contributed by atoms with van der Waals surface area (Å²) in [6, 6.07) is 0.345. The molecule has 19 heavy (non-hydrogen) atoms. The molecular weight excluding hydrogens is 248 g/mol. The number of aliphatic carboxylic acids is 1. The van der Waals surface area contributed by atoms with Gasteiger partial charge in [-0.3, -0.25) is 14.5 Å².